The number of anilines is 1. The van der Waals surface area contributed by atoms with Gasteiger partial charge in [0, 0.05) is 18.5 Å². The second-order valence-electron chi connectivity index (χ2n) is 8.60. The van der Waals surface area contributed by atoms with Crippen LogP contribution in [0.25, 0.3) is 6.08 Å². The van der Waals surface area contributed by atoms with Crippen LogP contribution in [-0.4, -0.2) is 43.8 Å². The van der Waals surface area contributed by atoms with E-state index in [0.717, 1.165) is 61.4 Å². The van der Waals surface area contributed by atoms with E-state index in [1.165, 1.54) is 18.4 Å². The second-order valence-corrected chi connectivity index (χ2v) is 8.60. The van der Waals surface area contributed by atoms with E-state index >= 15 is 0 Å². The number of ether oxygens (including phenoxy) is 1. The van der Waals surface area contributed by atoms with Crippen LogP contribution in [0.2, 0.25) is 0 Å². The summed E-state index contributed by atoms with van der Waals surface area (Å²) < 4.78 is 4.78. The Kier molecular flexibility index (Phi) is 13.8. The van der Waals surface area contributed by atoms with Crippen LogP contribution in [-0.2, 0) is 11.2 Å². The number of aliphatic imine (C=N–C) groups is 1. The van der Waals surface area contributed by atoms with Crippen LogP contribution in [0.3, 0.4) is 0 Å². The summed E-state index contributed by atoms with van der Waals surface area (Å²) in [4.78, 5) is 20.1. The number of carbonyl (C=O) groups excluding carboxylic acids is 1. The maximum atomic E-state index is 11.7. The fourth-order valence-electron chi connectivity index (χ4n) is 3.90. The number of hydrogen-bond donors (Lipinski definition) is 0. The normalized spacial score (nSPS) is 14.1. The number of fused-ring (bicyclic) bond motifs is 1. The Morgan fingerprint density at radius 1 is 1.16 bits per heavy atom. The van der Waals surface area contributed by atoms with Gasteiger partial charge in [0.05, 0.1) is 18.4 Å². The quantitative estimate of drug-likeness (QED) is 0.320. The summed E-state index contributed by atoms with van der Waals surface area (Å²) >= 11 is 0. The number of methoxy groups -OCH3 is 1. The molecule has 0 aromatic heterocycles. The maximum Gasteiger partial charge on any atom is 1.00 e. The number of esters is 1. The van der Waals surface area contributed by atoms with E-state index in [1.54, 1.807) is 6.07 Å². The van der Waals surface area contributed by atoms with E-state index < -0.39 is 0 Å². The van der Waals surface area contributed by atoms with Crippen molar-refractivity contribution in [3.63, 3.8) is 0 Å². The van der Waals surface area contributed by atoms with Crippen molar-refractivity contribution < 1.29 is 60.9 Å². The molecule has 1 aliphatic carbocycles. The van der Waals surface area contributed by atoms with E-state index in [4.69, 9.17) is 4.74 Å². The number of hydrogen-bond acceptors (Lipinski definition) is 5. The molecule has 2 aromatic rings. The van der Waals surface area contributed by atoms with E-state index in [-0.39, 0.29) is 57.4 Å². The number of allylic oxidation sites excluding steroid dienone is 3. The first-order valence-corrected chi connectivity index (χ1v) is 12.2. The van der Waals surface area contributed by atoms with Crippen molar-refractivity contribution >= 4 is 23.9 Å². The Morgan fingerprint density at radius 2 is 1.95 bits per heavy atom. The minimum atomic E-state index is -0.323. The molecule has 0 fully saturated rings. The van der Waals surface area contributed by atoms with Gasteiger partial charge in [-0.25, -0.2) is 4.79 Å². The van der Waals surface area contributed by atoms with Crippen LogP contribution in [0.4, 0.5) is 5.69 Å². The molecule has 6 heteroatoms. The zero-order valence-electron chi connectivity index (χ0n) is 22.4. The van der Waals surface area contributed by atoms with Crippen molar-refractivity contribution in [1.29, 1.82) is 0 Å². The summed E-state index contributed by atoms with van der Waals surface area (Å²) in [7, 11) is 5.49. The van der Waals surface area contributed by atoms with Gasteiger partial charge in [0.25, 0.3) is 0 Å². The molecule has 2 aliphatic rings. The molecule has 0 radical (unpaired) electrons. The Labute approximate surface area is 265 Å². The van der Waals surface area contributed by atoms with Gasteiger partial charge in [0.1, 0.15) is 0 Å². The molecular formula is C31H35KN3O2-3. The zero-order valence-corrected chi connectivity index (χ0v) is 25.5. The van der Waals surface area contributed by atoms with Crippen molar-refractivity contribution in [1.82, 2.24) is 4.90 Å². The molecule has 0 saturated heterocycles. The summed E-state index contributed by atoms with van der Waals surface area (Å²) in [6.45, 7) is 12.4. The van der Waals surface area contributed by atoms with Gasteiger partial charge in [-0.15, -0.1) is 18.8 Å². The number of carbonyl (C=O) groups is 1. The molecule has 4 rings (SSSR count). The van der Waals surface area contributed by atoms with Gasteiger partial charge in [-0.3, -0.25) is 12.0 Å². The SMILES string of the molecule is [CH2-]CN(C[CH2-])CC1=C(C)CCC=N1.[CH2-]N(C1=CCc2ccc(C(=O)OC)cc2C=C1)c1[c-]cccc1.[K+]. The third-order valence-corrected chi connectivity index (χ3v) is 6.22. The molecule has 190 valence electrons. The van der Waals surface area contributed by atoms with Crippen molar-refractivity contribution in [3.8, 4) is 0 Å². The summed E-state index contributed by atoms with van der Waals surface area (Å²) in [5.74, 6) is -0.323. The predicted octanol–water partition coefficient (Wildman–Crippen LogP) is 3.12. The molecule has 0 unspecified atom stereocenters. The fourth-order valence-corrected chi connectivity index (χ4v) is 3.90. The predicted molar refractivity (Wildman–Crippen MR) is 149 cm³/mol. The van der Waals surface area contributed by atoms with Crippen molar-refractivity contribution in [2.24, 2.45) is 4.99 Å². The fraction of sp³-hybridized carbons (Fsp3) is 0.258. The van der Waals surface area contributed by atoms with Crippen molar-refractivity contribution in [2.75, 3.05) is 31.6 Å². The molecule has 0 atom stereocenters. The van der Waals surface area contributed by atoms with Crippen LogP contribution >= 0.6 is 0 Å². The van der Waals surface area contributed by atoms with E-state index in [2.05, 4.69) is 49.9 Å². The van der Waals surface area contributed by atoms with Crippen LogP contribution in [0.5, 0.6) is 0 Å². The molecule has 0 N–H and O–H groups in total. The molecule has 1 heterocycles. The first kappa shape index (κ1) is 31.4. The third kappa shape index (κ3) is 9.16. The number of rotatable bonds is 7. The van der Waals surface area contributed by atoms with Gasteiger partial charge in [-0.05, 0) is 55.5 Å². The largest absolute Gasteiger partial charge is 1.00 e. The first-order valence-electron chi connectivity index (χ1n) is 12.2. The minimum absolute atomic E-state index is 0. The van der Waals surface area contributed by atoms with Gasteiger partial charge in [-0.2, -0.15) is 30.3 Å². The Bertz CT molecular complexity index is 1150. The Hall–Kier alpha value is -1.80. The number of nitrogens with zero attached hydrogens (tertiary/aromatic N) is 3. The van der Waals surface area contributed by atoms with Gasteiger partial charge in [0.2, 0.25) is 0 Å². The molecule has 0 spiro atoms. The van der Waals surface area contributed by atoms with E-state index in [0.29, 0.717) is 5.56 Å². The van der Waals surface area contributed by atoms with Crippen molar-refractivity contribution in [3.05, 3.63) is 115 Å². The second kappa shape index (κ2) is 16.2. The monoisotopic (exact) mass is 520 g/mol. The van der Waals surface area contributed by atoms with Gasteiger partial charge < -0.3 is 28.4 Å². The Balaban J connectivity index is 0.000000295. The number of benzene rings is 2. The molecule has 0 amide bonds. The van der Waals surface area contributed by atoms with E-state index in [9.17, 15) is 4.79 Å². The summed E-state index contributed by atoms with van der Waals surface area (Å²) in [5, 5.41) is 0. The van der Waals surface area contributed by atoms with Crippen LogP contribution in [0.15, 0.2) is 76.6 Å². The standard InChI is InChI=1S/C20H17NO2.C11H18N2.K/c1-21(18-6-4-3-5-7-18)19-12-10-15-8-9-17(20(22)23-2)14-16(15)11-13-19;1-4-13(5-2)9-11-10(3)7-6-8-12-11;/h3-6,8-9,11-14H,1,10H2,2H3;8H,1-2,4-7,9H2,3H3;/q2*-2;+1. The molecule has 5 nitrogen and oxygen atoms in total. The van der Waals surface area contributed by atoms with Crippen LogP contribution in [0, 0.1) is 27.0 Å². The Morgan fingerprint density at radius 3 is 2.59 bits per heavy atom. The van der Waals surface area contributed by atoms with E-state index in [1.807, 2.05) is 59.7 Å². The average molecular weight is 521 g/mol. The molecule has 2 aromatic carbocycles. The summed E-state index contributed by atoms with van der Waals surface area (Å²) in [5.41, 5.74) is 7.25. The molecule has 1 aliphatic heterocycles. The zero-order chi connectivity index (χ0) is 25.9. The van der Waals surface area contributed by atoms with Crippen molar-refractivity contribution in [2.45, 2.75) is 26.2 Å². The average Bonchev–Trinajstić information content (AvgIpc) is 3.15. The van der Waals surface area contributed by atoms with Gasteiger partial charge >= 0.3 is 57.4 Å². The third-order valence-electron chi connectivity index (χ3n) is 6.22. The number of para-hydroxylation sites is 1. The molecule has 0 bridgehead atoms. The van der Waals surface area contributed by atoms with Gasteiger partial charge in [0.15, 0.2) is 0 Å². The smallest absolute Gasteiger partial charge is 0.518 e. The molecule has 0 saturated carbocycles. The minimum Gasteiger partial charge on any atom is -0.518 e. The topological polar surface area (TPSA) is 45.1 Å². The van der Waals surface area contributed by atoms with Crippen LogP contribution in [0.1, 0.15) is 41.3 Å². The first-order chi connectivity index (χ1) is 17.5. The van der Waals surface area contributed by atoms with Crippen LogP contribution < -0.4 is 56.3 Å². The molecular weight excluding hydrogens is 485 g/mol. The maximum absolute atomic E-state index is 11.7. The van der Waals surface area contributed by atoms with Gasteiger partial charge in [-0.1, -0.05) is 23.8 Å². The summed E-state index contributed by atoms with van der Waals surface area (Å²) in [6.07, 6.45) is 11.1. The molecule has 37 heavy (non-hydrogen) atoms. The summed E-state index contributed by atoms with van der Waals surface area (Å²) in [6, 6.07) is 16.5.